The zero-order valence-electron chi connectivity index (χ0n) is 23.2. The van der Waals surface area contributed by atoms with Crippen molar-refractivity contribution in [3.63, 3.8) is 0 Å². The van der Waals surface area contributed by atoms with Gasteiger partial charge in [0.25, 0.3) is 0 Å². The van der Waals surface area contributed by atoms with Crippen LogP contribution < -0.4 is 23.7 Å². The molecule has 39 heavy (non-hydrogen) atoms. The second-order valence-electron chi connectivity index (χ2n) is 9.30. The molecule has 3 rings (SSSR count). The Bertz CT molecular complexity index is 1280. The molecule has 1 aliphatic rings. The third-order valence-corrected chi connectivity index (χ3v) is 7.86. The Morgan fingerprint density at radius 1 is 0.821 bits per heavy atom. The Morgan fingerprint density at radius 2 is 1.38 bits per heavy atom. The van der Waals surface area contributed by atoms with E-state index in [4.69, 9.17) is 28.4 Å². The first-order valence-electron chi connectivity index (χ1n) is 12.6. The van der Waals surface area contributed by atoms with Gasteiger partial charge >= 0.3 is 0 Å². The van der Waals surface area contributed by atoms with Crippen molar-refractivity contribution in [3.05, 3.63) is 35.4 Å². The molecule has 0 bridgehead atoms. The maximum Gasteiger partial charge on any atom is 0.203 e. The molecule has 1 aliphatic heterocycles. The minimum Gasteiger partial charge on any atom is -0.493 e. The predicted octanol–water partition coefficient (Wildman–Crippen LogP) is 4.42. The summed E-state index contributed by atoms with van der Waals surface area (Å²) in [5.41, 5.74) is 1.35. The molecule has 2 atom stereocenters. The highest BCUT2D eigenvalue weighted by molar-refractivity contribution is 7.92. The van der Waals surface area contributed by atoms with Crippen LogP contribution in [0.1, 0.15) is 63.4 Å². The summed E-state index contributed by atoms with van der Waals surface area (Å²) in [5.74, 6) is 0.115. The lowest BCUT2D eigenvalue weighted by Gasteiger charge is -2.21. The summed E-state index contributed by atoms with van der Waals surface area (Å²) < 4.78 is 60.8. The molecule has 0 saturated carbocycles. The molecule has 1 fully saturated rings. The van der Waals surface area contributed by atoms with E-state index in [2.05, 4.69) is 0 Å². The van der Waals surface area contributed by atoms with Crippen LogP contribution in [-0.2, 0) is 24.2 Å². The summed E-state index contributed by atoms with van der Waals surface area (Å²) in [6.07, 6.45) is 1.01. The molecule has 0 radical (unpaired) electrons. The van der Waals surface area contributed by atoms with Crippen LogP contribution in [-0.4, -0.2) is 60.3 Å². The lowest BCUT2D eigenvalue weighted by molar-refractivity contribution is -0.119. The molecule has 214 valence electrons. The van der Waals surface area contributed by atoms with E-state index in [-0.39, 0.29) is 41.5 Å². The SMILES string of the molecule is CCCOc1c(OCC(C)=O)cc([C@@H]2CC[C@@H](c3cc(OC)c(OC)c(OC)c3)O2)cc1S(=O)(=O)CC(C)=O. The van der Waals surface area contributed by atoms with E-state index in [9.17, 15) is 18.0 Å². The number of Topliss-reactive ketones (excluding diaryl/α,β-unsaturated/α-hetero) is 2. The summed E-state index contributed by atoms with van der Waals surface area (Å²) in [7, 11) is 0.530. The van der Waals surface area contributed by atoms with Gasteiger partial charge in [-0.1, -0.05) is 6.92 Å². The molecule has 10 nitrogen and oxygen atoms in total. The minimum absolute atomic E-state index is 0.0118. The number of hydrogen-bond donors (Lipinski definition) is 0. The number of carbonyl (C=O) groups excluding carboxylic acids is 2. The molecule has 0 N–H and O–H groups in total. The van der Waals surface area contributed by atoms with Crippen molar-refractivity contribution in [2.24, 2.45) is 0 Å². The van der Waals surface area contributed by atoms with Crippen LogP contribution in [0, 0.1) is 0 Å². The van der Waals surface area contributed by atoms with Crippen molar-refractivity contribution in [3.8, 4) is 28.7 Å². The summed E-state index contributed by atoms with van der Waals surface area (Å²) >= 11 is 0. The maximum absolute atomic E-state index is 13.3. The van der Waals surface area contributed by atoms with Gasteiger partial charge in [0.15, 0.2) is 38.6 Å². The van der Waals surface area contributed by atoms with Gasteiger partial charge in [-0.2, -0.15) is 0 Å². The average molecular weight is 565 g/mol. The molecule has 1 heterocycles. The van der Waals surface area contributed by atoms with Crippen molar-refractivity contribution in [1.29, 1.82) is 0 Å². The van der Waals surface area contributed by atoms with Gasteiger partial charge in [0.1, 0.15) is 23.0 Å². The van der Waals surface area contributed by atoms with Crippen LogP contribution in [0.2, 0.25) is 0 Å². The molecule has 0 amide bonds. The highest BCUT2D eigenvalue weighted by Gasteiger charge is 2.33. The van der Waals surface area contributed by atoms with Gasteiger partial charge in [0, 0.05) is 0 Å². The fraction of sp³-hybridized carbons (Fsp3) is 0.500. The van der Waals surface area contributed by atoms with Gasteiger partial charge in [-0.3, -0.25) is 9.59 Å². The van der Waals surface area contributed by atoms with Crippen molar-refractivity contribution >= 4 is 21.4 Å². The zero-order valence-corrected chi connectivity index (χ0v) is 24.0. The van der Waals surface area contributed by atoms with E-state index in [1.54, 1.807) is 6.07 Å². The molecule has 1 saturated heterocycles. The fourth-order valence-corrected chi connectivity index (χ4v) is 5.86. The van der Waals surface area contributed by atoms with E-state index < -0.39 is 27.5 Å². The van der Waals surface area contributed by atoms with Crippen LogP contribution in [0.3, 0.4) is 0 Å². The van der Waals surface area contributed by atoms with Gasteiger partial charge in [0.05, 0.1) is 40.1 Å². The van der Waals surface area contributed by atoms with Crippen LogP contribution in [0.15, 0.2) is 29.2 Å². The average Bonchev–Trinajstić information content (AvgIpc) is 3.39. The quantitative estimate of drug-likeness (QED) is 0.326. The highest BCUT2D eigenvalue weighted by Crippen LogP contribution is 2.48. The topological polar surface area (TPSA) is 124 Å². The third-order valence-electron chi connectivity index (χ3n) is 6.10. The van der Waals surface area contributed by atoms with Gasteiger partial charge in [-0.15, -0.1) is 0 Å². The summed E-state index contributed by atoms with van der Waals surface area (Å²) in [6, 6.07) is 6.76. The Labute approximate surface area is 229 Å². The van der Waals surface area contributed by atoms with Crippen molar-refractivity contribution < 1.29 is 46.4 Å². The van der Waals surface area contributed by atoms with E-state index in [0.717, 1.165) is 5.56 Å². The Balaban J connectivity index is 2.05. The van der Waals surface area contributed by atoms with Gasteiger partial charge < -0.3 is 28.4 Å². The maximum atomic E-state index is 13.3. The number of hydrogen-bond acceptors (Lipinski definition) is 10. The normalized spacial score (nSPS) is 17.0. The molecule has 0 spiro atoms. The lowest BCUT2D eigenvalue weighted by atomic mass is 10.0. The van der Waals surface area contributed by atoms with Crippen LogP contribution in [0.5, 0.6) is 28.7 Å². The number of rotatable bonds is 14. The first kappa shape index (κ1) is 30.2. The molecule has 2 aromatic rings. The molecule has 0 unspecified atom stereocenters. The van der Waals surface area contributed by atoms with Gasteiger partial charge in [-0.05, 0) is 68.5 Å². The zero-order chi connectivity index (χ0) is 28.7. The monoisotopic (exact) mass is 564 g/mol. The number of carbonyl (C=O) groups is 2. The Hall–Kier alpha value is -3.31. The van der Waals surface area contributed by atoms with Crippen LogP contribution >= 0.6 is 0 Å². The van der Waals surface area contributed by atoms with Gasteiger partial charge in [0.2, 0.25) is 5.75 Å². The van der Waals surface area contributed by atoms with E-state index in [1.807, 2.05) is 19.1 Å². The van der Waals surface area contributed by atoms with Crippen LogP contribution in [0.4, 0.5) is 0 Å². The number of sulfone groups is 1. The second kappa shape index (κ2) is 13.2. The van der Waals surface area contributed by atoms with Gasteiger partial charge in [-0.25, -0.2) is 8.42 Å². The molecule has 0 aliphatic carbocycles. The molecule has 11 heteroatoms. The standard InChI is InChI=1S/C28H36O10S/c1-7-10-36-28-25(37-15-17(2)29)13-20(14-26(28)39(31,32)16-18(3)30)22-9-8-21(38-22)19-11-23(33-4)27(35-6)24(12-19)34-5/h11-14,21-22H,7-10,15-16H2,1-6H3/t21-,22-/m0/s1. The highest BCUT2D eigenvalue weighted by atomic mass is 32.2. The van der Waals surface area contributed by atoms with E-state index in [1.165, 1.54) is 41.2 Å². The van der Waals surface area contributed by atoms with E-state index >= 15 is 0 Å². The lowest BCUT2D eigenvalue weighted by Crippen LogP contribution is -2.17. The minimum atomic E-state index is -4.07. The third kappa shape index (κ3) is 7.21. The number of ketones is 2. The predicted molar refractivity (Wildman–Crippen MR) is 143 cm³/mol. The number of ether oxygens (including phenoxy) is 6. The summed E-state index contributed by atoms with van der Waals surface area (Å²) in [5, 5.41) is 0. The first-order chi connectivity index (χ1) is 18.5. The van der Waals surface area contributed by atoms with Crippen molar-refractivity contribution in [2.75, 3.05) is 40.3 Å². The molecule has 0 aromatic heterocycles. The molecule has 2 aromatic carbocycles. The summed E-state index contributed by atoms with van der Waals surface area (Å²) in [6.45, 7) is 4.41. The summed E-state index contributed by atoms with van der Waals surface area (Å²) in [4.78, 5) is 23.3. The number of methoxy groups -OCH3 is 3. The van der Waals surface area contributed by atoms with Crippen LogP contribution in [0.25, 0.3) is 0 Å². The molecular formula is C28H36O10S. The molecular weight excluding hydrogens is 528 g/mol. The largest absolute Gasteiger partial charge is 0.493 e. The van der Waals surface area contributed by atoms with Crippen molar-refractivity contribution in [1.82, 2.24) is 0 Å². The Morgan fingerprint density at radius 3 is 1.87 bits per heavy atom. The van der Waals surface area contributed by atoms with E-state index in [0.29, 0.717) is 42.1 Å². The number of benzene rings is 2. The fourth-order valence-electron chi connectivity index (χ4n) is 4.41. The first-order valence-corrected chi connectivity index (χ1v) is 14.3. The second-order valence-corrected chi connectivity index (χ2v) is 11.3. The Kier molecular flexibility index (Phi) is 10.2. The smallest absolute Gasteiger partial charge is 0.203 e. The van der Waals surface area contributed by atoms with Crippen molar-refractivity contribution in [2.45, 2.75) is 57.1 Å².